The van der Waals surface area contributed by atoms with Crippen LogP contribution in [0.15, 0.2) is 30.3 Å². The van der Waals surface area contributed by atoms with Crippen molar-refractivity contribution in [1.82, 2.24) is 4.90 Å². The third-order valence-corrected chi connectivity index (χ3v) is 2.98. The van der Waals surface area contributed by atoms with E-state index < -0.39 is 0 Å². The number of likely N-dealkylation sites (tertiary alicyclic amines) is 1. The van der Waals surface area contributed by atoms with Gasteiger partial charge in [0.2, 0.25) is 0 Å². The molecule has 0 atom stereocenters. The predicted molar refractivity (Wildman–Crippen MR) is 64.1 cm³/mol. The van der Waals surface area contributed by atoms with Crippen molar-refractivity contribution in [3.05, 3.63) is 30.3 Å². The molecular formula is C13H17NO3. The fraction of sp³-hybridized carbons (Fsp3) is 0.462. The van der Waals surface area contributed by atoms with Crippen LogP contribution in [0.4, 0.5) is 4.79 Å². The lowest BCUT2D eigenvalue weighted by atomic mass is 10.1. The van der Waals surface area contributed by atoms with Crippen molar-refractivity contribution in [3.63, 3.8) is 0 Å². The number of amides is 1. The van der Waals surface area contributed by atoms with Gasteiger partial charge in [-0.1, -0.05) is 18.2 Å². The highest BCUT2D eigenvalue weighted by molar-refractivity contribution is 5.70. The fourth-order valence-electron chi connectivity index (χ4n) is 1.93. The van der Waals surface area contributed by atoms with E-state index >= 15 is 0 Å². The Hall–Kier alpha value is -1.55. The van der Waals surface area contributed by atoms with Crippen LogP contribution in [0, 0.1) is 0 Å². The van der Waals surface area contributed by atoms with Crippen LogP contribution < -0.4 is 4.74 Å². The minimum atomic E-state index is -0.272. The van der Waals surface area contributed by atoms with Crippen LogP contribution in [0.3, 0.4) is 0 Å². The van der Waals surface area contributed by atoms with Crippen LogP contribution in [-0.2, 0) is 4.74 Å². The van der Waals surface area contributed by atoms with E-state index in [1.807, 2.05) is 18.2 Å². The molecule has 1 fully saturated rings. The van der Waals surface area contributed by atoms with Gasteiger partial charge in [0, 0.05) is 20.2 Å². The standard InChI is InChI=1S/C13H17NO3/c1-16-11-7-9-14(10-8-11)13(15)17-12-5-3-2-4-6-12/h2-6,11H,7-10H2,1H3. The van der Waals surface area contributed by atoms with E-state index in [1.165, 1.54) is 0 Å². The fourth-order valence-corrected chi connectivity index (χ4v) is 1.93. The number of para-hydroxylation sites is 1. The first-order valence-corrected chi connectivity index (χ1v) is 5.84. The molecule has 0 aliphatic carbocycles. The zero-order valence-corrected chi connectivity index (χ0v) is 9.96. The molecule has 4 heteroatoms. The third kappa shape index (κ3) is 3.20. The Bertz CT molecular complexity index is 358. The maximum Gasteiger partial charge on any atom is 0.415 e. The number of benzene rings is 1. The molecule has 0 unspecified atom stereocenters. The highest BCUT2D eigenvalue weighted by Gasteiger charge is 2.23. The molecule has 0 aromatic heterocycles. The van der Waals surface area contributed by atoms with E-state index in [4.69, 9.17) is 9.47 Å². The van der Waals surface area contributed by atoms with Gasteiger partial charge < -0.3 is 14.4 Å². The Balaban J connectivity index is 1.85. The first-order valence-electron chi connectivity index (χ1n) is 5.84. The highest BCUT2D eigenvalue weighted by atomic mass is 16.6. The summed E-state index contributed by atoms with van der Waals surface area (Å²) in [6.07, 6.45) is 1.75. The van der Waals surface area contributed by atoms with Gasteiger partial charge >= 0.3 is 6.09 Å². The van der Waals surface area contributed by atoms with Gasteiger partial charge in [0.1, 0.15) is 5.75 Å². The van der Waals surface area contributed by atoms with Gasteiger partial charge in [-0.3, -0.25) is 0 Å². The molecule has 1 amide bonds. The molecule has 0 radical (unpaired) electrons. The second-order valence-corrected chi connectivity index (χ2v) is 4.10. The molecule has 1 aromatic carbocycles. The van der Waals surface area contributed by atoms with Gasteiger partial charge in [-0.05, 0) is 25.0 Å². The summed E-state index contributed by atoms with van der Waals surface area (Å²) in [5.74, 6) is 0.589. The summed E-state index contributed by atoms with van der Waals surface area (Å²) < 4.78 is 10.5. The van der Waals surface area contributed by atoms with E-state index in [-0.39, 0.29) is 12.2 Å². The molecule has 17 heavy (non-hydrogen) atoms. The zero-order chi connectivity index (χ0) is 12.1. The minimum Gasteiger partial charge on any atom is -0.410 e. The Morgan fingerprint density at radius 1 is 1.24 bits per heavy atom. The molecule has 0 bridgehead atoms. The van der Waals surface area contributed by atoms with Crippen molar-refractivity contribution in [2.24, 2.45) is 0 Å². The number of carbonyl (C=O) groups is 1. The number of piperidine rings is 1. The second-order valence-electron chi connectivity index (χ2n) is 4.10. The molecule has 4 nitrogen and oxygen atoms in total. The number of ether oxygens (including phenoxy) is 2. The number of methoxy groups -OCH3 is 1. The van der Waals surface area contributed by atoms with Gasteiger partial charge in [-0.15, -0.1) is 0 Å². The van der Waals surface area contributed by atoms with E-state index in [1.54, 1.807) is 24.1 Å². The van der Waals surface area contributed by atoms with Gasteiger partial charge in [0.25, 0.3) is 0 Å². The molecule has 2 rings (SSSR count). The topological polar surface area (TPSA) is 38.8 Å². The van der Waals surface area contributed by atoms with Crippen LogP contribution in [0.1, 0.15) is 12.8 Å². The number of carbonyl (C=O) groups excluding carboxylic acids is 1. The number of nitrogens with zero attached hydrogens (tertiary/aromatic N) is 1. The SMILES string of the molecule is COC1CCN(C(=O)Oc2ccccc2)CC1. The normalized spacial score (nSPS) is 16.9. The van der Waals surface area contributed by atoms with Gasteiger partial charge in [-0.2, -0.15) is 0 Å². The maximum absolute atomic E-state index is 11.8. The van der Waals surface area contributed by atoms with Crippen molar-refractivity contribution >= 4 is 6.09 Å². The Morgan fingerprint density at radius 2 is 1.88 bits per heavy atom. The van der Waals surface area contributed by atoms with E-state index in [0.29, 0.717) is 18.8 Å². The lowest BCUT2D eigenvalue weighted by Gasteiger charge is -2.30. The van der Waals surface area contributed by atoms with Crippen LogP contribution in [0.5, 0.6) is 5.75 Å². The zero-order valence-electron chi connectivity index (χ0n) is 9.96. The summed E-state index contributed by atoms with van der Waals surface area (Å²) in [5.41, 5.74) is 0. The van der Waals surface area contributed by atoms with Crippen molar-refractivity contribution in [2.45, 2.75) is 18.9 Å². The molecule has 0 saturated carbocycles. The molecule has 1 aliphatic rings. The summed E-state index contributed by atoms with van der Waals surface area (Å²) in [7, 11) is 1.71. The monoisotopic (exact) mass is 235 g/mol. The van der Waals surface area contributed by atoms with Crippen LogP contribution >= 0.6 is 0 Å². The van der Waals surface area contributed by atoms with E-state index in [2.05, 4.69) is 0 Å². The Kier molecular flexibility index (Phi) is 3.98. The molecular weight excluding hydrogens is 218 g/mol. The predicted octanol–water partition coefficient (Wildman–Crippen LogP) is 2.30. The van der Waals surface area contributed by atoms with Crippen LogP contribution in [0.2, 0.25) is 0 Å². The number of hydrogen-bond donors (Lipinski definition) is 0. The van der Waals surface area contributed by atoms with Crippen molar-refractivity contribution in [3.8, 4) is 5.75 Å². The minimum absolute atomic E-state index is 0.272. The van der Waals surface area contributed by atoms with Crippen molar-refractivity contribution < 1.29 is 14.3 Å². The van der Waals surface area contributed by atoms with Crippen LogP contribution in [0.25, 0.3) is 0 Å². The average Bonchev–Trinajstić information content (AvgIpc) is 2.40. The van der Waals surface area contributed by atoms with Crippen LogP contribution in [-0.4, -0.2) is 37.3 Å². The van der Waals surface area contributed by atoms with E-state index in [0.717, 1.165) is 12.8 Å². The quantitative estimate of drug-likeness (QED) is 0.789. The summed E-state index contributed by atoms with van der Waals surface area (Å²) in [6, 6.07) is 9.14. The average molecular weight is 235 g/mol. The lowest BCUT2D eigenvalue weighted by Crippen LogP contribution is -2.42. The summed E-state index contributed by atoms with van der Waals surface area (Å²) >= 11 is 0. The molecule has 1 aliphatic heterocycles. The third-order valence-electron chi connectivity index (χ3n) is 2.98. The van der Waals surface area contributed by atoms with Crippen molar-refractivity contribution in [2.75, 3.05) is 20.2 Å². The highest BCUT2D eigenvalue weighted by Crippen LogP contribution is 2.15. The molecule has 92 valence electrons. The maximum atomic E-state index is 11.8. The molecule has 1 heterocycles. The summed E-state index contributed by atoms with van der Waals surface area (Å²) in [4.78, 5) is 13.6. The number of rotatable bonds is 2. The summed E-state index contributed by atoms with van der Waals surface area (Å²) in [5, 5.41) is 0. The lowest BCUT2D eigenvalue weighted by molar-refractivity contribution is 0.0435. The second kappa shape index (κ2) is 5.68. The van der Waals surface area contributed by atoms with Gasteiger partial charge in [-0.25, -0.2) is 4.79 Å². The first-order chi connectivity index (χ1) is 8.29. The Morgan fingerprint density at radius 3 is 2.47 bits per heavy atom. The molecule has 1 saturated heterocycles. The molecule has 1 aromatic rings. The smallest absolute Gasteiger partial charge is 0.410 e. The van der Waals surface area contributed by atoms with Gasteiger partial charge in [0.15, 0.2) is 0 Å². The van der Waals surface area contributed by atoms with Crippen molar-refractivity contribution in [1.29, 1.82) is 0 Å². The summed E-state index contributed by atoms with van der Waals surface area (Å²) in [6.45, 7) is 1.40. The first kappa shape index (κ1) is 11.9. The van der Waals surface area contributed by atoms with Gasteiger partial charge in [0.05, 0.1) is 6.10 Å². The molecule has 0 spiro atoms. The largest absolute Gasteiger partial charge is 0.415 e. The van der Waals surface area contributed by atoms with E-state index in [9.17, 15) is 4.79 Å². The molecule has 0 N–H and O–H groups in total. The number of hydrogen-bond acceptors (Lipinski definition) is 3. The Labute approximate surface area is 101 Å².